The lowest BCUT2D eigenvalue weighted by Crippen LogP contribution is -2.22. The molecule has 1 aliphatic carbocycles. The molecule has 0 saturated heterocycles. The van der Waals surface area contributed by atoms with Crippen LogP contribution in [-0.4, -0.2) is 12.6 Å². The number of para-hydroxylation sites is 1. The zero-order valence-corrected chi connectivity index (χ0v) is 9.77. The van der Waals surface area contributed by atoms with Crippen molar-refractivity contribution in [3.63, 3.8) is 0 Å². The third-order valence-electron chi connectivity index (χ3n) is 3.17. The van der Waals surface area contributed by atoms with Crippen LogP contribution in [0.4, 0.5) is 0 Å². The molecule has 0 aromatic heterocycles. The highest BCUT2D eigenvalue weighted by molar-refractivity contribution is 5.20. The minimum atomic E-state index is 0.441. The van der Waals surface area contributed by atoms with Crippen LogP contribution in [0, 0.1) is 5.92 Å². The smallest absolute Gasteiger partial charge is 0.119 e. The third kappa shape index (κ3) is 3.86. The first kappa shape index (κ1) is 11.5. The second kappa shape index (κ2) is 5.90. The molecule has 1 saturated carbocycles. The molecule has 1 aliphatic rings. The molecule has 0 radical (unpaired) electrons. The summed E-state index contributed by atoms with van der Waals surface area (Å²) in [5.41, 5.74) is 6.03. The monoisotopic (exact) mass is 219 g/mol. The summed E-state index contributed by atoms with van der Waals surface area (Å²) >= 11 is 0. The van der Waals surface area contributed by atoms with E-state index in [1.807, 2.05) is 30.3 Å². The van der Waals surface area contributed by atoms with Crippen LogP contribution in [0.3, 0.4) is 0 Å². The fourth-order valence-corrected chi connectivity index (χ4v) is 1.95. The minimum absolute atomic E-state index is 0.441. The highest BCUT2D eigenvalue weighted by Gasteiger charge is 2.27. The first-order valence-electron chi connectivity index (χ1n) is 6.29. The standard InChI is InChI=1S/C14H21NO/c15-14(12-9-10-12)8-4-5-11-16-13-6-2-1-3-7-13/h1-3,6-7,12,14H,4-5,8-11,15H2. The molecule has 1 atom stereocenters. The number of unbranched alkanes of at least 4 members (excludes halogenated alkanes) is 1. The molecule has 16 heavy (non-hydrogen) atoms. The Morgan fingerprint density at radius 2 is 1.94 bits per heavy atom. The molecule has 1 fully saturated rings. The Kier molecular flexibility index (Phi) is 4.23. The molecular weight excluding hydrogens is 198 g/mol. The van der Waals surface area contributed by atoms with Gasteiger partial charge >= 0.3 is 0 Å². The Balaban J connectivity index is 1.52. The zero-order chi connectivity index (χ0) is 11.2. The normalized spacial score (nSPS) is 17.1. The van der Waals surface area contributed by atoms with Gasteiger partial charge in [0, 0.05) is 6.04 Å². The van der Waals surface area contributed by atoms with Gasteiger partial charge in [0.25, 0.3) is 0 Å². The quantitative estimate of drug-likeness (QED) is 0.715. The topological polar surface area (TPSA) is 35.2 Å². The van der Waals surface area contributed by atoms with Gasteiger partial charge in [0.2, 0.25) is 0 Å². The average Bonchev–Trinajstić information content (AvgIpc) is 3.13. The van der Waals surface area contributed by atoms with Gasteiger partial charge in [0.05, 0.1) is 6.61 Å². The van der Waals surface area contributed by atoms with Crippen LogP contribution in [-0.2, 0) is 0 Å². The SMILES string of the molecule is NC(CCCCOc1ccccc1)C1CC1. The van der Waals surface area contributed by atoms with Gasteiger partial charge in [-0.15, -0.1) is 0 Å². The van der Waals surface area contributed by atoms with E-state index in [-0.39, 0.29) is 0 Å². The fraction of sp³-hybridized carbons (Fsp3) is 0.571. The number of ether oxygens (including phenoxy) is 1. The number of nitrogens with two attached hydrogens (primary N) is 1. The Labute approximate surface area is 97.8 Å². The molecule has 0 bridgehead atoms. The molecule has 0 amide bonds. The predicted octanol–water partition coefficient (Wildman–Crippen LogP) is 2.97. The van der Waals surface area contributed by atoms with E-state index in [0.717, 1.165) is 31.1 Å². The van der Waals surface area contributed by atoms with Crippen LogP contribution in [0.15, 0.2) is 30.3 Å². The molecule has 0 spiro atoms. The van der Waals surface area contributed by atoms with Crippen LogP contribution in [0.25, 0.3) is 0 Å². The van der Waals surface area contributed by atoms with E-state index < -0.39 is 0 Å². The van der Waals surface area contributed by atoms with Gasteiger partial charge in [-0.05, 0) is 50.2 Å². The highest BCUT2D eigenvalue weighted by atomic mass is 16.5. The van der Waals surface area contributed by atoms with Crippen molar-refractivity contribution in [3.8, 4) is 5.75 Å². The molecule has 2 nitrogen and oxygen atoms in total. The maximum absolute atomic E-state index is 6.03. The van der Waals surface area contributed by atoms with Crippen molar-refractivity contribution in [3.05, 3.63) is 30.3 Å². The first-order valence-corrected chi connectivity index (χ1v) is 6.29. The Morgan fingerprint density at radius 3 is 2.62 bits per heavy atom. The van der Waals surface area contributed by atoms with Crippen molar-refractivity contribution in [2.75, 3.05) is 6.61 Å². The van der Waals surface area contributed by atoms with Crippen LogP contribution in [0.1, 0.15) is 32.1 Å². The highest BCUT2D eigenvalue weighted by Crippen LogP contribution is 2.33. The number of rotatable bonds is 7. The van der Waals surface area contributed by atoms with Gasteiger partial charge in [0.1, 0.15) is 5.75 Å². The molecule has 0 heterocycles. The van der Waals surface area contributed by atoms with E-state index in [0.29, 0.717) is 6.04 Å². The van der Waals surface area contributed by atoms with Crippen LogP contribution in [0.5, 0.6) is 5.75 Å². The number of hydrogen-bond acceptors (Lipinski definition) is 2. The van der Waals surface area contributed by atoms with E-state index in [1.54, 1.807) is 0 Å². The van der Waals surface area contributed by atoms with Crippen molar-refractivity contribution in [2.45, 2.75) is 38.1 Å². The Hall–Kier alpha value is -1.02. The number of hydrogen-bond donors (Lipinski definition) is 1. The van der Waals surface area contributed by atoms with E-state index in [1.165, 1.54) is 19.3 Å². The average molecular weight is 219 g/mol. The summed E-state index contributed by atoms with van der Waals surface area (Å²) in [6.07, 6.45) is 6.14. The molecule has 0 aliphatic heterocycles. The number of benzene rings is 1. The summed E-state index contributed by atoms with van der Waals surface area (Å²) in [7, 11) is 0. The Morgan fingerprint density at radius 1 is 1.19 bits per heavy atom. The van der Waals surface area contributed by atoms with Crippen LogP contribution < -0.4 is 10.5 Å². The predicted molar refractivity (Wildman–Crippen MR) is 66.5 cm³/mol. The van der Waals surface area contributed by atoms with Crippen molar-refractivity contribution < 1.29 is 4.74 Å². The van der Waals surface area contributed by atoms with Gasteiger partial charge in [-0.1, -0.05) is 18.2 Å². The summed E-state index contributed by atoms with van der Waals surface area (Å²) in [5.74, 6) is 1.80. The first-order chi connectivity index (χ1) is 7.86. The van der Waals surface area contributed by atoms with E-state index in [9.17, 15) is 0 Å². The lowest BCUT2D eigenvalue weighted by molar-refractivity contribution is 0.302. The molecule has 2 N–H and O–H groups in total. The summed E-state index contributed by atoms with van der Waals surface area (Å²) < 4.78 is 5.62. The van der Waals surface area contributed by atoms with Gasteiger partial charge in [-0.25, -0.2) is 0 Å². The molecule has 2 rings (SSSR count). The minimum Gasteiger partial charge on any atom is -0.494 e. The van der Waals surface area contributed by atoms with Crippen molar-refractivity contribution >= 4 is 0 Å². The maximum atomic E-state index is 6.03. The Bertz CT molecular complexity index is 295. The molecule has 88 valence electrons. The lowest BCUT2D eigenvalue weighted by atomic mass is 10.1. The molecule has 1 aromatic rings. The molecule has 1 aromatic carbocycles. The van der Waals surface area contributed by atoms with Crippen molar-refractivity contribution in [1.82, 2.24) is 0 Å². The zero-order valence-electron chi connectivity index (χ0n) is 9.77. The summed E-state index contributed by atoms with van der Waals surface area (Å²) in [5, 5.41) is 0. The van der Waals surface area contributed by atoms with Gasteiger partial charge in [-0.3, -0.25) is 0 Å². The fourth-order valence-electron chi connectivity index (χ4n) is 1.95. The van der Waals surface area contributed by atoms with Crippen LogP contribution >= 0.6 is 0 Å². The van der Waals surface area contributed by atoms with Crippen molar-refractivity contribution in [2.24, 2.45) is 11.7 Å². The van der Waals surface area contributed by atoms with E-state index >= 15 is 0 Å². The summed E-state index contributed by atoms with van der Waals surface area (Å²) in [6, 6.07) is 10.4. The van der Waals surface area contributed by atoms with Gasteiger partial charge in [0.15, 0.2) is 0 Å². The van der Waals surface area contributed by atoms with Crippen molar-refractivity contribution in [1.29, 1.82) is 0 Å². The summed E-state index contributed by atoms with van der Waals surface area (Å²) in [6.45, 7) is 0.807. The second-order valence-corrected chi connectivity index (χ2v) is 4.66. The largest absolute Gasteiger partial charge is 0.494 e. The third-order valence-corrected chi connectivity index (χ3v) is 3.17. The van der Waals surface area contributed by atoms with Crippen LogP contribution in [0.2, 0.25) is 0 Å². The maximum Gasteiger partial charge on any atom is 0.119 e. The molecule has 2 heteroatoms. The molecular formula is C14H21NO. The second-order valence-electron chi connectivity index (χ2n) is 4.66. The molecule has 1 unspecified atom stereocenters. The lowest BCUT2D eigenvalue weighted by Gasteiger charge is -2.10. The summed E-state index contributed by atoms with van der Waals surface area (Å²) in [4.78, 5) is 0. The van der Waals surface area contributed by atoms with Gasteiger partial charge in [-0.2, -0.15) is 0 Å². The van der Waals surface area contributed by atoms with E-state index in [4.69, 9.17) is 10.5 Å². The van der Waals surface area contributed by atoms with Gasteiger partial charge < -0.3 is 10.5 Å². The van der Waals surface area contributed by atoms with E-state index in [2.05, 4.69) is 0 Å².